The monoisotopic (exact) mass is 338 g/mol. The van der Waals surface area contributed by atoms with Crippen molar-refractivity contribution in [1.82, 2.24) is 0 Å². The first kappa shape index (κ1) is 14.4. The van der Waals surface area contributed by atoms with E-state index in [0.717, 1.165) is 41.2 Å². The molecule has 1 aromatic rings. The van der Waals surface area contributed by atoms with Crippen LogP contribution in [0.2, 0.25) is 0 Å². The van der Waals surface area contributed by atoms with Gasteiger partial charge in [-0.25, -0.2) is 0 Å². The van der Waals surface area contributed by atoms with Crippen LogP contribution in [-0.2, 0) is 12.8 Å². The van der Waals surface area contributed by atoms with Crippen molar-refractivity contribution >= 4 is 15.9 Å². The molecule has 1 unspecified atom stereocenters. The van der Waals surface area contributed by atoms with E-state index < -0.39 is 0 Å². The van der Waals surface area contributed by atoms with Crippen molar-refractivity contribution in [2.24, 2.45) is 11.8 Å². The van der Waals surface area contributed by atoms with Crippen molar-refractivity contribution in [3.63, 3.8) is 0 Å². The normalized spacial score (nSPS) is 26.9. The van der Waals surface area contributed by atoms with E-state index in [1.165, 1.54) is 31.2 Å². The average Bonchev–Trinajstić information content (AvgIpc) is 2.87. The average molecular weight is 339 g/mol. The first-order valence-electron chi connectivity index (χ1n) is 7.75. The van der Waals surface area contributed by atoms with Crippen molar-refractivity contribution in [2.75, 3.05) is 6.61 Å². The number of fused-ring (bicyclic) bond motifs is 1. The van der Waals surface area contributed by atoms with Gasteiger partial charge in [0.25, 0.3) is 0 Å². The van der Waals surface area contributed by atoms with E-state index in [-0.39, 0.29) is 6.10 Å². The van der Waals surface area contributed by atoms with E-state index in [0.29, 0.717) is 5.92 Å². The van der Waals surface area contributed by atoms with Gasteiger partial charge in [0.15, 0.2) is 0 Å². The summed E-state index contributed by atoms with van der Waals surface area (Å²) < 4.78 is 6.86. The molecule has 2 aliphatic rings. The number of halogens is 1. The SMILES string of the molecule is CC1CCC(C(O)Cc2cc(Br)cc3c2OCC3)CC1. The molecule has 0 spiro atoms. The van der Waals surface area contributed by atoms with Crippen LogP contribution in [0.15, 0.2) is 16.6 Å². The number of hydrogen-bond donors (Lipinski definition) is 1. The highest BCUT2D eigenvalue weighted by Gasteiger charge is 2.27. The van der Waals surface area contributed by atoms with E-state index >= 15 is 0 Å². The summed E-state index contributed by atoms with van der Waals surface area (Å²) in [6.45, 7) is 3.09. The zero-order valence-electron chi connectivity index (χ0n) is 12.1. The fourth-order valence-corrected chi connectivity index (χ4v) is 4.11. The summed E-state index contributed by atoms with van der Waals surface area (Å²) >= 11 is 3.57. The summed E-state index contributed by atoms with van der Waals surface area (Å²) in [4.78, 5) is 0. The third-order valence-electron chi connectivity index (χ3n) is 4.86. The Bertz CT molecular complexity index is 478. The van der Waals surface area contributed by atoms with Gasteiger partial charge in [0.1, 0.15) is 5.75 Å². The third-order valence-corrected chi connectivity index (χ3v) is 5.32. The van der Waals surface area contributed by atoms with Gasteiger partial charge in [-0.3, -0.25) is 0 Å². The van der Waals surface area contributed by atoms with Crippen LogP contribution < -0.4 is 4.74 Å². The molecule has 110 valence electrons. The Morgan fingerprint density at radius 2 is 2.05 bits per heavy atom. The van der Waals surface area contributed by atoms with Gasteiger partial charge in [0, 0.05) is 17.3 Å². The Kier molecular flexibility index (Phi) is 4.37. The smallest absolute Gasteiger partial charge is 0.125 e. The maximum Gasteiger partial charge on any atom is 0.125 e. The van der Waals surface area contributed by atoms with Gasteiger partial charge >= 0.3 is 0 Å². The molecule has 0 bridgehead atoms. The molecule has 1 aromatic carbocycles. The quantitative estimate of drug-likeness (QED) is 0.898. The minimum absolute atomic E-state index is 0.231. The highest BCUT2D eigenvalue weighted by molar-refractivity contribution is 9.10. The topological polar surface area (TPSA) is 29.5 Å². The molecule has 1 aliphatic carbocycles. The third kappa shape index (κ3) is 3.04. The van der Waals surface area contributed by atoms with Gasteiger partial charge < -0.3 is 9.84 Å². The number of aliphatic hydroxyl groups excluding tert-OH is 1. The Morgan fingerprint density at radius 3 is 2.80 bits per heavy atom. The van der Waals surface area contributed by atoms with E-state index in [2.05, 4.69) is 35.0 Å². The van der Waals surface area contributed by atoms with Crippen LogP contribution in [0.5, 0.6) is 5.75 Å². The van der Waals surface area contributed by atoms with Crippen molar-refractivity contribution in [2.45, 2.75) is 51.6 Å². The summed E-state index contributed by atoms with van der Waals surface area (Å²) in [6, 6.07) is 4.25. The molecule has 0 aromatic heterocycles. The Hall–Kier alpha value is -0.540. The molecule has 0 saturated heterocycles. The summed E-state index contributed by atoms with van der Waals surface area (Å²) in [5.74, 6) is 2.32. The molecule has 3 rings (SSSR count). The number of rotatable bonds is 3. The zero-order valence-corrected chi connectivity index (χ0v) is 13.7. The van der Waals surface area contributed by atoms with Gasteiger partial charge in [-0.15, -0.1) is 0 Å². The standard InChI is InChI=1S/C17H23BrO2/c1-11-2-4-12(5-3-11)16(19)10-14-9-15(18)8-13-6-7-20-17(13)14/h8-9,11-12,16,19H,2-7,10H2,1H3. The van der Waals surface area contributed by atoms with Gasteiger partial charge in [-0.05, 0) is 47.9 Å². The molecule has 1 aliphatic heterocycles. The molecule has 1 saturated carbocycles. The van der Waals surface area contributed by atoms with E-state index in [9.17, 15) is 5.11 Å². The molecule has 20 heavy (non-hydrogen) atoms. The summed E-state index contributed by atoms with van der Waals surface area (Å²) in [5.41, 5.74) is 2.44. The van der Waals surface area contributed by atoms with Gasteiger partial charge in [-0.2, -0.15) is 0 Å². The van der Waals surface area contributed by atoms with Crippen LogP contribution in [0.3, 0.4) is 0 Å². The lowest BCUT2D eigenvalue weighted by Crippen LogP contribution is -2.27. The van der Waals surface area contributed by atoms with Crippen LogP contribution in [-0.4, -0.2) is 17.8 Å². The Morgan fingerprint density at radius 1 is 1.30 bits per heavy atom. The molecule has 1 fully saturated rings. The maximum absolute atomic E-state index is 10.6. The second kappa shape index (κ2) is 6.07. The van der Waals surface area contributed by atoms with E-state index in [1.807, 2.05) is 0 Å². The Labute approximate surface area is 129 Å². The largest absolute Gasteiger partial charge is 0.493 e. The lowest BCUT2D eigenvalue weighted by molar-refractivity contribution is 0.0755. The maximum atomic E-state index is 10.6. The number of ether oxygens (including phenoxy) is 1. The lowest BCUT2D eigenvalue weighted by Gasteiger charge is -2.30. The molecule has 0 radical (unpaired) electrons. The first-order chi connectivity index (χ1) is 9.63. The predicted octanol–water partition coefficient (Wildman–Crippen LogP) is 4.11. The van der Waals surface area contributed by atoms with Gasteiger partial charge in [0.2, 0.25) is 0 Å². The highest BCUT2D eigenvalue weighted by Crippen LogP contribution is 2.36. The van der Waals surface area contributed by atoms with Crippen molar-refractivity contribution in [1.29, 1.82) is 0 Å². The summed E-state index contributed by atoms with van der Waals surface area (Å²) in [6.07, 6.45) is 6.33. The highest BCUT2D eigenvalue weighted by atomic mass is 79.9. The number of benzene rings is 1. The van der Waals surface area contributed by atoms with Gasteiger partial charge in [-0.1, -0.05) is 35.7 Å². The van der Waals surface area contributed by atoms with Crippen LogP contribution in [0.25, 0.3) is 0 Å². The van der Waals surface area contributed by atoms with Crippen molar-refractivity contribution < 1.29 is 9.84 Å². The van der Waals surface area contributed by atoms with E-state index in [1.54, 1.807) is 0 Å². The summed E-state index contributed by atoms with van der Waals surface area (Å²) in [7, 11) is 0. The van der Waals surface area contributed by atoms with Gasteiger partial charge in [0.05, 0.1) is 12.7 Å². The van der Waals surface area contributed by atoms with Crippen LogP contribution in [0.4, 0.5) is 0 Å². The molecule has 1 heterocycles. The van der Waals surface area contributed by atoms with Crippen LogP contribution in [0, 0.1) is 11.8 Å². The number of aliphatic hydroxyl groups is 1. The zero-order chi connectivity index (χ0) is 14.1. The molecular weight excluding hydrogens is 316 g/mol. The first-order valence-corrected chi connectivity index (χ1v) is 8.55. The fraction of sp³-hybridized carbons (Fsp3) is 0.647. The predicted molar refractivity (Wildman–Crippen MR) is 84.2 cm³/mol. The van der Waals surface area contributed by atoms with Crippen LogP contribution >= 0.6 is 15.9 Å². The van der Waals surface area contributed by atoms with Crippen LogP contribution in [0.1, 0.15) is 43.7 Å². The van der Waals surface area contributed by atoms with Crippen molar-refractivity contribution in [3.8, 4) is 5.75 Å². The second-order valence-electron chi connectivity index (χ2n) is 6.44. The van der Waals surface area contributed by atoms with Crippen molar-refractivity contribution in [3.05, 3.63) is 27.7 Å². The lowest BCUT2D eigenvalue weighted by atomic mass is 9.79. The molecule has 1 atom stereocenters. The van der Waals surface area contributed by atoms with E-state index in [4.69, 9.17) is 4.74 Å². The second-order valence-corrected chi connectivity index (χ2v) is 7.36. The molecule has 3 heteroatoms. The molecule has 2 nitrogen and oxygen atoms in total. The number of hydrogen-bond acceptors (Lipinski definition) is 2. The molecular formula is C17H23BrO2. The fourth-order valence-electron chi connectivity index (χ4n) is 3.56. The summed E-state index contributed by atoms with van der Waals surface area (Å²) in [5, 5.41) is 10.6. The molecule has 1 N–H and O–H groups in total. The minimum Gasteiger partial charge on any atom is -0.493 e. The Balaban J connectivity index is 1.71. The molecule has 0 amide bonds. The minimum atomic E-state index is -0.231.